The summed E-state index contributed by atoms with van der Waals surface area (Å²) in [5.41, 5.74) is 7.39. The molecule has 0 aromatic carbocycles. The average Bonchev–Trinajstić information content (AvgIpc) is 2.60. The second-order valence-electron chi connectivity index (χ2n) is 3.47. The summed E-state index contributed by atoms with van der Waals surface area (Å²) in [6.07, 6.45) is 0. The van der Waals surface area contributed by atoms with E-state index in [1.807, 2.05) is 20.8 Å². The average molecular weight is 207 g/mol. The summed E-state index contributed by atoms with van der Waals surface area (Å²) in [4.78, 5) is 0. The van der Waals surface area contributed by atoms with Crippen LogP contribution in [0.2, 0.25) is 0 Å². The van der Waals surface area contributed by atoms with Crippen molar-refractivity contribution in [1.29, 1.82) is 0 Å². The van der Waals surface area contributed by atoms with Crippen LogP contribution in [0.4, 0.5) is 5.95 Å². The van der Waals surface area contributed by atoms with Gasteiger partial charge in [-0.05, 0) is 20.8 Å². The molecule has 6 nitrogen and oxygen atoms in total. The lowest BCUT2D eigenvalue weighted by molar-refractivity contribution is 0.503. The molecule has 0 saturated carbocycles. The van der Waals surface area contributed by atoms with Crippen LogP contribution in [0.1, 0.15) is 17.1 Å². The van der Waals surface area contributed by atoms with Gasteiger partial charge in [0, 0.05) is 5.56 Å². The Balaban J connectivity index is 2.68. The van der Waals surface area contributed by atoms with Crippen LogP contribution in [-0.4, -0.2) is 14.9 Å². The summed E-state index contributed by atoms with van der Waals surface area (Å²) in [5.74, 6) is 8.04. The second-order valence-corrected chi connectivity index (χ2v) is 3.47. The summed E-state index contributed by atoms with van der Waals surface area (Å²) in [6, 6.07) is 0. The molecule has 2 aromatic rings. The molecule has 0 unspecified atom stereocenters. The molecule has 80 valence electrons. The van der Waals surface area contributed by atoms with Crippen LogP contribution in [0.3, 0.4) is 0 Å². The zero-order valence-electron chi connectivity index (χ0n) is 8.90. The molecule has 0 fully saturated rings. The molecule has 0 aliphatic carbocycles. The quantitative estimate of drug-likeness (QED) is 0.673. The maximum atomic E-state index is 5.71. The summed E-state index contributed by atoms with van der Waals surface area (Å²) in [7, 11) is 0. The number of rotatable bonds is 1. The smallest absolute Gasteiger partial charge is 0.241 e. The first kappa shape index (κ1) is 9.57. The van der Waals surface area contributed by atoms with E-state index in [9.17, 15) is 0 Å². The molecule has 6 heteroatoms. The highest BCUT2D eigenvalue weighted by Gasteiger charge is 2.19. The molecular formula is C9H13N5O. The number of nitrogens with zero attached hydrogens (tertiary/aromatic N) is 3. The number of nitrogen functional groups attached to an aromatic ring is 2. The summed E-state index contributed by atoms with van der Waals surface area (Å²) < 4.78 is 6.74. The Morgan fingerprint density at radius 2 is 1.80 bits per heavy atom. The first-order valence-electron chi connectivity index (χ1n) is 4.55. The number of aromatic nitrogens is 3. The van der Waals surface area contributed by atoms with Crippen molar-refractivity contribution in [2.75, 3.05) is 11.6 Å². The lowest BCUT2D eigenvalue weighted by atomic mass is 10.1. The van der Waals surface area contributed by atoms with Crippen molar-refractivity contribution in [2.24, 2.45) is 0 Å². The number of anilines is 1. The van der Waals surface area contributed by atoms with E-state index in [1.54, 1.807) is 0 Å². The van der Waals surface area contributed by atoms with Crippen molar-refractivity contribution in [2.45, 2.75) is 20.8 Å². The van der Waals surface area contributed by atoms with Crippen LogP contribution < -0.4 is 11.6 Å². The van der Waals surface area contributed by atoms with Crippen molar-refractivity contribution in [3.63, 3.8) is 0 Å². The van der Waals surface area contributed by atoms with Gasteiger partial charge in [0.05, 0.1) is 5.56 Å². The van der Waals surface area contributed by atoms with Gasteiger partial charge in [-0.25, -0.2) is 4.68 Å². The lowest BCUT2D eigenvalue weighted by Gasteiger charge is -2.00. The SMILES string of the molecule is Cc1oc(C)c(-c2nnc(N)n2N)c1C. The maximum absolute atomic E-state index is 5.71. The van der Waals surface area contributed by atoms with Crippen molar-refractivity contribution < 1.29 is 4.42 Å². The summed E-state index contributed by atoms with van der Waals surface area (Å²) in [5, 5.41) is 7.63. The van der Waals surface area contributed by atoms with Gasteiger partial charge >= 0.3 is 0 Å². The van der Waals surface area contributed by atoms with Crippen LogP contribution >= 0.6 is 0 Å². The zero-order chi connectivity index (χ0) is 11.2. The molecule has 0 aliphatic heterocycles. The minimum Gasteiger partial charge on any atom is -0.466 e. The molecule has 0 amide bonds. The van der Waals surface area contributed by atoms with Crippen LogP contribution in [0.25, 0.3) is 11.4 Å². The van der Waals surface area contributed by atoms with Gasteiger partial charge < -0.3 is 16.0 Å². The first-order chi connectivity index (χ1) is 7.02. The van der Waals surface area contributed by atoms with Crippen molar-refractivity contribution in [3.05, 3.63) is 17.1 Å². The van der Waals surface area contributed by atoms with Crippen molar-refractivity contribution in [1.82, 2.24) is 14.9 Å². The fourth-order valence-electron chi connectivity index (χ4n) is 1.60. The topological polar surface area (TPSA) is 95.9 Å². The van der Waals surface area contributed by atoms with E-state index in [0.717, 1.165) is 22.6 Å². The zero-order valence-corrected chi connectivity index (χ0v) is 8.90. The molecule has 0 spiro atoms. The Morgan fingerprint density at radius 1 is 1.13 bits per heavy atom. The monoisotopic (exact) mass is 207 g/mol. The van der Waals surface area contributed by atoms with E-state index >= 15 is 0 Å². The van der Waals surface area contributed by atoms with Gasteiger partial charge in [-0.15, -0.1) is 10.2 Å². The number of aryl methyl sites for hydroxylation is 2. The molecule has 15 heavy (non-hydrogen) atoms. The van der Waals surface area contributed by atoms with E-state index < -0.39 is 0 Å². The molecule has 0 radical (unpaired) electrons. The van der Waals surface area contributed by atoms with Gasteiger partial charge in [0.15, 0.2) is 5.82 Å². The molecule has 2 heterocycles. The van der Waals surface area contributed by atoms with E-state index in [2.05, 4.69) is 10.2 Å². The maximum Gasteiger partial charge on any atom is 0.241 e. The van der Waals surface area contributed by atoms with E-state index in [-0.39, 0.29) is 5.95 Å². The Hall–Kier alpha value is -1.98. The van der Waals surface area contributed by atoms with Gasteiger partial charge in [0.2, 0.25) is 5.95 Å². The molecule has 0 bridgehead atoms. The number of furan rings is 1. The largest absolute Gasteiger partial charge is 0.466 e. The Bertz CT molecular complexity index is 511. The van der Waals surface area contributed by atoms with Crippen molar-refractivity contribution >= 4 is 5.95 Å². The Labute approximate surface area is 86.9 Å². The predicted octanol–water partition coefficient (Wildman–Crippen LogP) is 0.759. The first-order valence-corrected chi connectivity index (χ1v) is 4.55. The minimum absolute atomic E-state index is 0.183. The van der Waals surface area contributed by atoms with Gasteiger partial charge in [-0.2, -0.15) is 0 Å². The molecular weight excluding hydrogens is 194 g/mol. The van der Waals surface area contributed by atoms with Crippen LogP contribution in [0.5, 0.6) is 0 Å². The van der Waals surface area contributed by atoms with E-state index in [0.29, 0.717) is 5.82 Å². The van der Waals surface area contributed by atoms with Gasteiger partial charge in [-0.1, -0.05) is 0 Å². The molecule has 4 N–H and O–H groups in total. The lowest BCUT2D eigenvalue weighted by Crippen LogP contribution is -2.13. The Morgan fingerprint density at radius 3 is 2.20 bits per heavy atom. The number of hydrogen-bond donors (Lipinski definition) is 2. The summed E-state index contributed by atoms with van der Waals surface area (Å²) >= 11 is 0. The fraction of sp³-hybridized carbons (Fsp3) is 0.333. The highest BCUT2D eigenvalue weighted by molar-refractivity contribution is 5.64. The highest BCUT2D eigenvalue weighted by atomic mass is 16.3. The highest BCUT2D eigenvalue weighted by Crippen LogP contribution is 2.29. The number of hydrogen-bond acceptors (Lipinski definition) is 5. The van der Waals surface area contributed by atoms with Crippen LogP contribution in [0, 0.1) is 20.8 Å². The normalized spacial score (nSPS) is 10.9. The molecule has 2 rings (SSSR count). The van der Waals surface area contributed by atoms with Crippen molar-refractivity contribution in [3.8, 4) is 11.4 Å². The number of nitrogens with two attached hydrogens (primary N) is 2. The Kier molecular flexibility index (Phi) is 1.92. The van der Waals surface area contributed by atoms with Gasteiger partial charge in [0.25, 0.3) is 0 Å². The second kappa shape index (κ2) is 3.01. The van der Waals surface area contributed by atoms with E-state index in [1.165, 1.54) is 4.68 Å². The standard InChI is InChI=1S/C9H13N5O/c1-4-5(2)15-6(3)7(4)8-12-13-9(10)14(8)11/h11H2,1-3H3,(H2,10,13). The van der Waals surface area contributed by atoms with Crippen LogP contribution in [0.15, 0.2) is 4.42 Å². The third-order valence-electron chi connectivity index (χ3n) is 2.51. The minimum atomic E-state index is 0.183. The third kappa shape index (κ3) is 1.25. The predicted molar refractivity (Wildman–Crippen MR) is 56.5 cm³/mol. The molecule has 0 atom stereocenters. The van der Waals surface area contributed by atoms with Gasteiger partial charge in [-0.3, -0.25) is 0 Å². The van der Waals surface area contributed by atoms with Gasteiger partial charge in [0.1, 0.15) is 11.5 Å². The molecule has 0 saturated heterocycles. The van der Waals surface area contributed by atoms with E-state index in [4.69, 9.17) is 16.0 Å². The van der Waals surface area contributed by atoms with Crippen LogP contribution in [-0.2, 0) is 0 Å². The molecule has 0 aliphatic rings. The fourth-order valence-corrected chi connectivity index (χ4v) is 1.60. The third-order valence-corrected chi connectivity index (χ3v) is 2.51. The summed E-state index contributed by atoms with van der Waals surface area (Å²) in [6.45, 7) is 5.71. The molecule has 2 aromatic heterocycles.